The van der Waals surface area contributed by atoms with Gasteiger partial charge in [0, 0.05) is 36.5 Å². The quantitative estimate of drug-likeness (QED) is 0.367. The topological polar surface area (TPSA) is 112 Å². The molecule has 1 N–H and O–H groups in total. The molecule has 0 aliphatic heterocycles. The predicted molar refractivity (Wildman–Crippen MR) is 137 cm³/mol. The van der Waals surface area contributed by atoms with Crippen LogP contribution in [0.2, 0.25) is 0 Å². The molecule has 1 saturated carbocycles. The first-order valence-corrected chi connectivity index (χ1v) is 12.3. The highest BCUT2D eigenvalue weighted by atomic mass is 32.1. The Labute approximate surface area is 219 Å². The van der Waals surface area contributed by atoms with Crippen molar-refractivity contribution in [3.05, 3.63) is 69.5 Å². The summed E-state index contributed by atoms with van der Waals surface area (Å²) in [5.41, 5.74) is 0.172. The molecule has 0 saturated heterocycles. The van der Waals surface area contributed by atoms with Gasteiger partial charge in [0.1, 0.15) is 11.4 Å². The molecule has 4 aromatic heterocycles. The zero-order valence-corrected chi connectivity index (χ0v) is 21.1. The van der Waals surface area contributed by atoms with E-state index < -0.39 is 18.0 Å². The van der Waals surface area contributed by atoms with Crippen LogP contribution >= 0.6 is 11.3 Å². The highest BCUT2D eigenvalue weighted by Gasteiger charge is 2.23. The number of carbonyl (C=O) groups is 1. The summed E-state index contributed by atoms with van der Waals surface area (Å²) >= 11 is 1.12. The van der Waals surface area contributed by atoms with Crippen LogP contribution in [0.3, 0.4) is 0 Å². The lowest BCUT2D eigenvalue weighted by Gasteiger charge is -2.15. The molecule has 9 nitrogen and oxygen atoms in total. The summed E-state index contributed by atoms with van der Waals surface area (Å²) in [6, 6.07) is 5.91. The van der Waals surface area contributed by atoms with E-state index in [4.69, 9.17) is 4.74 Å². The molecule has 4 heterocycles. The Morgan fingerprint density at radius 2 is 2.00 bits per heavy atom. The fourth-order valence-corrected chi connectivity index (χ4v) is 4.23. The van der Waals surface area contributed by atoms with E-state index in [0.717, 1.165) is 36.4 Å². The molecule has 0 radical (unpaired) electrons. The first-order valence-electron chi connectivity index (χ1n) is 11.5. The normalized spacial score (nSPS) is 12.7. The van der Waals surface area contributed by atoms with E-state index in [1.165, 1.54) is 23.9 Å². The molecular formula is C26H20F2N6O3S. The van der Waals surface area contributed by atoms with Crippen LogP contribution in [0, 0.1) is 17.8 Å². The van der Waals surface area contributed by atoms with Gasteiger partial charge in [0.15, 0.2) is 5.01 Å². The predicted octanol–water partition coefficient (Wildman–Crippen LogP) is 4.32. The summed E-state index contributed by atoms with van der Waals surface area (Å²) in [6.07, 6.45) is 3.33. The van der Waals surface area contributed by atoms with Crippen molar-refractivity contribution in [2.75, 3.05) is 12.4 Å². The number of halogens is 2. The lowest BCUT2D eigenvalue weighted by Crippen LogP contribution is -2.18. The second-order valence-corrected chi connectivity index (χ2v) is 9.45. The first kappa shape index (κ1) is 25.2. The lowest BCUT2D eigenvalue weighted by molar-refractivity contribution is 0.102. The number of aryl methyl sites for hydroxylation is 1. The van der Waals surface area contributed by atoms with Crippen molar-refractivity contribution in [2.45, 2.75) is 19.3 Å². The molecule has 38 heavy (non-hydrogen) atoms. The van der Waals surface area contributed by atoms with Crippen LogP contribution in [0.4, 0.5) is 13.9 Å². The molecule has 0 atom stereocenters. The van der Waals surface area contributed by atoms with E-state index >= 15 is 0 Å². The van der Waals surface area contributed by atoms with Crippen molar-refractivity contribution in [3.63, 3.8) is 0 Å². The molecular weight excluding hydrogens is 514 g/mol. The van der Waals surface area contributed by atoms with Crippen LogP contribution in [0.5, 0.6) is 5.75 Å². The zero-order chi connectivity index (χ0) is 26.8. The van der Waals surface area contributed by atoms with Gasteiger partial charge in [-0.3, -0.25) is 24.9 Å². The maximum Gasteiger partial charge on any atom is 0.280 e. The maximum absolute atomic E-state index is 13.5. The number of carbonyl (C=O) groups excluding carboxylic acids is 1. The van der Waals surface area contributed by atoms with Crippen molar-refractivity contribution in [1.29, 1.82) is 0 Å². The largest absolute Gasteiger partial charge is 0.494 e. The molecule has 0 unspecified atom stereocenters. The van der Waals surface area contributed by atoms with Crippen molar-refractivity contribution < 1.29 is 18.3 Å². The summed E-state index contributed by atoms with van der Waals surface area (Å²) in [5.74, 6) is 5.98. The van der Waals surface area contributed by atoms with Crippen molar-refractivity contribution in [3.8, 4) is 40.0 Å². The van der Waals surface area contributed by atoms with Gasteiger partial charge in [-0.05, 0) is 43.0 Å². The van der Waals surface area contributed by atoms with E-state index in [9.17, 15) is 18.4 Å². The lowest BCUT2D eigenvalue weighted by atomic mass is 9.98. The highest BCUT2D eigenvalue weighted by molar-refractivity contribution is 7.15. The number of alkyl halides is 2. The van der Waals surface area contributed by atoms with E-state index in [0.29, 0.717) is 10.9 Å². The van der Waals surface area contributed by atoms with Crippen LogP contribution < -0.4 is 15.6 Å². The molecule has 1 amide bonds. The van der Waals surface area contributed by atoms with Crippen LogP contribution in [0.15, 0.2) is 47.7 Å². The number of ether oxygens (including phenoxy) is 1. The van der Waals surface area contributed by atoms with E-state index in [2.05, 4.69) is 37.3 Å². The number of hydrogen-bond donors (Lipinski definition) is 1. The standard InChI is InChI=1S/C26H20F2N6O3S/c1-34-9-3-4-15(25(34)36)19-10-16(17-11-20(23(27)28)30-13-21(17)37-2)18(12-29-19)24(35)31-26-33-32-22(38-26)8-7-14-5-6-14/h3-4,9-14,23H,5-6H2,1-2H3,(H,31,33,35). The van der Waals surface area contributed by atoms with Gasteiger partial charge in [-0.15, -0.1) is 10.2 Å². The third-order valence-electron chi connectivity index (χ3n) is 5.78. The van der Waals surface area contributed by atoms with Gasteiger partial charge in [0.25, 0.3) is 17.9 Å². The molecule has 0 spiro atoms. The van der Waals surface area contributed by atoms with E-state index in [1.54, 1.807) is 25.4 Å². The van der Waals surface area contributed by atoms with Crippen LogP contribution in [0.1, 0.15) is 40.3 Å². The average molecular weight is 535 g/mol. The SMILES string of the molecule is COc1cnc(C(F)F)cc1-c1cc(-c2cccn(C)c2=O)ncc1C(=O)Nc1nnc(C#CC2CC2)s1. The van der Waals surface area contributed by atoms with E-state index in [-0.39, 0.29) is 44.4 Å². The number of anilines is 1. The van der Waals surface area contributed by atoms with E-state index in [1.807, 2.05) is 0 Å². The van der Waals surface area contributed by atoms with Gasteiger partial charge in [0.2, 0.25) is 5.13 Å². The van der Waals surface area contributed by atoms with Gasteiger partial charge in [-0.25, -0.2) is 8.78 Å². The second kappa shape index (κ2) is 10.5. The summed E-state index contributed by atoms with van der Waals surface area (Å²) in [5, 5.41) is 11.3. The Balaban J connectivity index is 1.59. The second-order valence-electron chi connectivity index (χ2n) is 8.47. The summed E-state index contributed by atoms with van der Waals surface area (Å²) in [7, 11) is 2.96. The minimum atomic E-state index is -2.85. The molecule has 0 bridgehead atoms. The van der Waals surface area contributed by atoms with Gasteiger partial charge in [-0.2, -0.15) is 0 Å². The Morgan fingerprint density at radius 1 is 1.18 bits per heavy atom. The van der Waals surface area contributed by atoms with Gasteiger partial charge in [0.05, 0.1) is 30.1 Å². The van der Waals surface area contributed by atoms with Crippen LogP contribution in [-0.2, 0) is 7.05 Å². The molecule has 1 aliphatic rings. The molecule has 12 heteroatoms. The molecule has 5 rings (SSSR count). The number of methoxy groups -OCH3 is 1. The van der Waals surface area contributed by atoms with Crippen molar-refractivity contribution in [2.24, 2.45) is 13.0 Å². The molecule has 1 aliphatic carbocycles. The van der Waals surface area contributed by atoms with Gasteiger partial charge in [-0.1, -0.05) is 17.3 Å². The van der Waals surface area contributed by atoms with Crippen LogP contribution in [0.25, 0.3) is 22.4 Å². The number of hydrogen-bond acceptors (Lipinski definition) is 8. The zero-order valence-electron chi connectivity index (χ0n) is 20.2. The van der Waals surface area contributed by atoms with Crippen molar-refractivity contribution >= 4 is 22.4 Å². The fourth-order valence-electron chi connectivity index (χ4n) is 3.63. The smallest absolute Gasteiger partial charge is 0.280 e. The first-order chi connectivity index (χ1) is 18.3. The minimum Gasteiger partial charge on any atom is -0.494 e. The maximum atomic E-state index is 13.5. The summed E-state index contributed by atoms with van der Waals surface area (Å²) < 4.78 is 33.8. The third kappa shape index (κ3) is 5.28. The Kier molecular flexibility index (Phi) is 6.93. The van der Waals surface area contributed by atoms with Crippen LogP contribution in [-0.4, -0.2) is 37.7 Å². The molecule has 4 aromatic rings. The monoisotopic (exact) mass is 534 g/mol. The van der Waals surface area contributed by atoms with Crippen molar-refractivity contribution in [1.82, 2.24) is 24.7 Å². The molecule has 1 fully saturated rings. The number of nitrogens with zero attached hydrogens (tertiary/aromatic N) is 5. The number of amides is 1. The number of pyridine rings is 3. The number of nitrogens with one attached hydrogen (secondary N) is 1. The van der Waals surface area contributed by atoms with Gasteiger partial charge < -0.3 is 9.30 Å². The number of aromatic nitrogens is 5. The Bertz CT molecular complexity index is 1650. The highest BCUT2D eigenvalue weighted by Crippen LogP contribution is 2.36. The summed E-state index contributed by atoms with van der Waals surface area (Å²) in [4.78, 5) is 34.2. The number of rotatable bonds is 6. The summed E-state index contributed by atoms with van der Waals surface area (Å²) in [6.45, 7) is 0. The molecule has 0 aromatic carbocycles. The third-order valence-corrected chi connectivity index (χ3v) is 6.53. The average Bonchev–Trinajstić information content (AvgIpc) is 3.65. The van der Waals surface area contributed by atoms with Gasteiger partial charge >= 0.3 is 0 Å². The molecule has 192 valence electrons. The Hall–Kier alpha value is -4.50. The fraction of sp³-hybridized carbons (Fsp3) is 0.231. The minimum absolute atomic E-state index is 0.0482. The Morgan fingerprint density at radius 3 is 2.74 bits per heavy atom.